The third-order valence-electron chi connectivity index (χ3n) is 3.88. The Balaban J connectivity index is 2.66. The zero-order chi connectivity index (χ0) is 19.0. The molecule has 0 fully saturated rings. The van der Waals surface area contributed by atoms with Crippen LogP contribution in [0.1, 0.15) is 50.6 Å². The molecule has 0 spiro atoms. The second-order valence-corrected chi connectivity index (χ2v) is 7.00. The minimum absolute atomic E-state index is 0.0199. The normalized spacial score (nSPS) is 11.7. The fraction of sp³-hybridized carbons (Fsp3) is 0.647. The molecule has 8 heteroatoms. The van der Waals surface area contributed by atoms with Crippen LogP contribution < -0.4 is 5.32 Å². The number of carbonyl (C=O) groups excluding carboxylic acids is 3. The summed E-state index contributed by atoms with van der Waals surface area (Å²) in [5, 5.41) is 3.27. The van der Waals surface area contributed by atoms with Gasteiger partial charge in [0.05, 0.1) is 18.7 Å². The van der Waals surface area contributed by atoms with Gasteiger partial charge in [-0.1, -0.05) is 6.92 Å². The Labute approximate surface area is 152 Å². The SMILES string of the molecule is CCOC(=O)CCC(=O)N(CC(=O)Nc1nc(C)c(C)s1)C(C)CC. The summed E-state index contributed by atoms with van der Waals surface area (Å²) < 4.78 is 4.84. The molecule has 1 rings (SSSR count). The fourth-order valence-electron chi connectivity index (χ4n) is 2.14. The smallest absolute Gasteiger partial charge is 0.306 e. The van der Waals surface area contributed by atoms with Gasteiger partial charge in [-0.05, 0) is 34.1 Å². The molecule has 0 aliphatic carbocycles. The number of rotatable bonds is 9. The van der Waals surface area contributed by atoms with Crippen LogP contribution in [0.5, 0.6) is 0 Å². The number of hydrogen-bond donors (Lipinski definition) is 1. The molecule has 25 heavy (non-hydrogen) atoms. The molecular weight excluding hydrogens is 342 g/mol. The van der Waals surface area contributed by atoms with E-state index in [9.17, 15) is 14.4 Å². The number of ether oxygens (including phenoxy) is 1. The van der Waals surface area contributed by atoms with Gasteiger partial charge in [0.25, 0.3) is 0 Å². The summed E-state index contributed by atoms with van der Waals surface area (Å²) in [5.74, 6) is -0.930. The van der Waals surface area contributed by atoms with Gasteiger partial charge in [-0.15, -0.1) is 11.3 Å². The minimum Gasteiger partial charge on any atom is -0.466 e. The highest BCUT2D eigenvalue weighted by molar-refractivity contribution is 7.15. The zero-order valence-electron chi connectivity index (χ0n) is 15.5. The van der Waals surface area contributed by atoms with Crippen molar-refractivity contribution in [2.75, 3.05) is 18.5 Å². The van der Waals surface area contributed by atoms with Crippen molar-refractivity contribution >= 4 is 34.3 Å². The van der Waals surface area contributed by atoms with E-state index in [1.54, 1.807) is 6.92 Å². The van der Waals surface area contributed by atoms with E-state index in [0.717, 1.165) is 10.6 Å². The predicted octanol–water partition coefficient (Wildman–Crippen LogP) is 2.67. The van der Waals surface area contributed by atoms with Gasteiger partial charge in [-0.3, -0.25) is 14.4 Å². The number of carbonyl (C=O) groups is 3. The van der Waals surface area contributed by atoms with Crippen molar-refractivity contribution in [3.8, 4) is 0 Å². The molecule has 1 unspecified atom stereocenters. The molecule has 7 nitrogen and oxygen atoms in total. The van der Waals surface area contributed by atoms with E-state index in [1.165, 1.54) is 16.2 Å². The molecule has 140 valence electrons. The minimum atomic E-state index is -0.405. The number of hydrogen-bond acceptors (Lipinski definition) is 6. The second-order valence-electron chi connectivity index (χ2n) is 5.79. The first-order chi connectivity index (χ1) is 11.8. The number of aromatic nitrogens is 1. The first kappa shape index (κ1) is 21.1. The Bertz CT molecular complexity index is 596. The predicted molar refractivity (Wildman–Crippen MR) is 97.6 cm³/mol. The maximum absolute atomic E-state index is 12.4. The molecule has 1 N–H and O–H groups in total. The largest absolute Gasteiger partial charge is 0.466 e. The number of esters is 1. The van der Waals surface area contributed by atoms with Gasteiger partial charge in [-0.2, -0.15) is 0 Å². The van der Waals surface area contributed by atoms with E-state index < -0.39 is 5.97 Å². The molecule has 0 radical (unpaired) electrons. The average molecular weight is 369 g/mol. The molecule has 2 amide bonds. The quantitative estimate of drug-likeness (QED) is 0.676. The van der Waals surface area contributed by atoms with Crippen LogP contribution in [-0.4, -0.2) is 46.9 Å². The van der Waals surface area contributed by atoms with E-state index in [1.807, 2.05) is 27.7 Å². The van der Waals surface area contributed by atoms with Crippen molar-refractivity contribution in [1.29, 1.82) is 0 Å². The van der Waals surface area contributed by atoms with Crippen molar-refractivity contribution in [1.82, 2.24) is 9.88 Å². The Hall–Kier alpha value is -1.96. The van der Waals surface area contributed by atoms with E-state index in [4.69, 9.17) is 4.74 Å². The van der Waals surface area contributed by atoms with Crippen molar-refractivity contribution < 1.29 is 19.1 Å². The molecular formula is C17H27N3O4S. The van der Waals surface area contributed by atoms with Gasteiger partial charge >= 0.3 is 5.97 Å². The van der Waals surface area contributed by atoms with Crippen LogP contribution in [0.3, 0.4) is 0 Å². The Morgan fingerprint density at radius 2 is 1.92 bits per heavy atom. The van der Waals surface area contributed by atoms with Crippen molar-refractivity contribution in [3.63, 3.8) is 0 Å². The standard InChI is InChI=1S/C17H27N3O4S/c1-6-11(3)20(15(22)8-9-16(23)24-7-2)10-14(21)19-17-18-12(4)13(5)25-17/h11H,6-10H2,1-5H3,(H,18,19,21). The monoisotopic (exact) mass is 369 g/mol. The van der Waals surface area contributed by atoms with Gasteiger partial charge in [0.2, 0.25) is 11.8 Å². The van der Waals surface area contributed by atoms with E-state index >= 15 is 0 Å². The number of nitrogens with zero attached hydrogens (tertiary/aromatic N) is 2. The summed E-state index contributed by atoms with van der Waals surface area (Å²) in [6.45, 7) is 9.59. The molecule has 0 aromatic carbocycles. The Morgan fingerprint density at radius 1 is 1.24 bits per heavy atom. The number of thiazole rings is 1. The lowest BCUT2D eigenvalue weighted by atomic mass is 10.2. The van der Waals surface area contributed by atoms with Gasteiger partial charge in [0, 0.05) is 17.3 Å². The molecule has 1 aromatic heterocycles. The van der Waals surface area contributed by atoms with E-state index in [0.29, 0.717) is 11.6 Å². The van der Waals surface area contributed by atoms with Crippen LogP contribution in [0.15, 0.2) is 0 Å². The number of anilines is 1. The van der Waals surface area contributed by atoms with Crippen molar-refractivity contribution in [2.45, 2.75) is 59.9 Å². The maximum Gasteiger partial charge on any atom is 0.306 e. The average Bonchev–Trinajstić information content (AvgIpc) is 2.87. The zero-order valence-corrected chi connectivity index (χ0v) is 16.4. The fourth-order valence-corrected chi connectivity index (χ4v) is 2.97. The number of amides is 2. The van der Waals surface area contributed by atoms with Gasteiger partial charge in [0.1, 0.15) is 6.54 Å². The lowest BCUT2D eigenvalue weighted by Gasteiger charge is -2.28. The first-order valence-electron chi connectivity index (χ1n) is 8.47. The molecule has 1 atom stereocenters. The van der Waals surface area contributed by atoms with Gasteiger partial charge in [-0.25, -0.2) is 4.98 Å². The number of nitrogens with one attached hydrogen (secondary N) is 1. The van der Waals surface area contributed by atoms with Crippen molar-refractivity contribution in [3.05, 3.63) is 10.6 Å². The second kappa shape index (κ2) is 10.1. The molecule has 0 aliphatic rings. The lowest BCUT2D eigenvalue weighted by molar-refractivity contribution is -0.146. The highest BCUT2D eigenvalue weighted by Gasteiger charge is 2.23. The maximum atomic E-state index is 12.4. The third-order valence-corrected chi connectivity index (χ3v) is 4.87. The van der Waals surface area contributed by atoms with Crippen LogP contribution in [0.25, 0.3) is 0 Å². The highest BCUT2D eigenvalue weighted by atomic mass is 32.1. The summed E-state index contributed by atoms with van der Waals surface area (Å²) in [7, 11) is 0. The number of aryl methyl sites for hydroxylation is 2. The lowest BCUT2D eigenvalue weighted by Crippen LogP contribution is -2.43. The highest BCUT2D eigenvalue weighted by Crippen LogP contribution is 2.21. The topological polar surface area (TPSA) is 88.6 Å². The molecule has 0 saturated carbocycles. The summed E-state index contributed by atoms with van der Waals surface area (Å²) in [6.07, 6.45) is 0.770. The summed E-state index contributed by atoms with van der Waals surface area (Å²) >= 11 is 1.40. The van der Waals surface area contributed by atoms with Crippen LogP contribution >= 0.6 is 11.3 Å². The molecule has 0 bridgehead atoms. The van der Waals surface area contributed by atoms with Crippen LogP contribution in [0.4, 0.5) is 5.13 Å². The molecule has 0 saturated heterocycles. The Morgan fingerprint density at radius 3 is 2.44 bits per heavy atom. The van der Waals surface area contributed by atoms with Crippen LogP contribution in [-0.2, 0) is 19.1 Å². The third kappa shape index (κ3) is 6.81. The molecule has 0 aliphatic heterocycles. The Kier molecular flexibility index (Phi) is 8.54. The first-order valence-corrected chi connectivity index (χ1v) is 9.29. The summed E-state index contributed by atoms with van der Waals surface area (Å²) in [4.78, 5) is 42.9. The summed E-state index contributed by atoms with van der Waals surface area (Å²) in [5.41, 5.74) is 0.879. The van der Waals surface area contributed by atoms with Gasteiger partial charge < -0.3 is 15.0 Å². The van der Waals surface area contributed by atoms with Crippen LogP contribution in [0.2, 0.25) is 0 Å². The molecule has 1 aromatic rings. The van der Waals surface area contributed by atoms with Crippen LogP contribution in [0, 0.1) is 13.8 Å². The van der Waals surface area contributed by atoms with Crippen molar-refractivity contribution in [2.24, 2.45) is 0 Å². The van der Waals surface area contributed by atoms with E-state index in [-0.39, 0.29) is 43.8 Å². The molecule has 1 heterocycles. The van der Waals surface area contributed by atoms with Gasteiger partial charge in [0.15, 0.2) is 5.13 Å². The summed E-state index contributed by atoms with van der Waals surface area (Å²) in [6, 6.07) is -0.0970. The van der Waals surface area contributed by atoms with E-state index in [2.05, 4.69) is 10.3 Å².